The summed E-state index contributed by atoms with van der Waals surface area (Å²) >= 11 is 0. The Morgan fingerprint density at radius 2 is 1.77 bits per heavy atom. The van der Waals surface area contributed by atoms with E-state index in [1.807, 2.05) is 0 Å². The maximum Gasteiger partial charge on any atom is 0.324 e. The average molecular weight is 186 g/mol. The van der Waals surface area contributed by atoms with Gasteiger partial charge in [0.1, 0.15) is 11.9 Å². The molecule has 1 atom stereocenters. The predicted molar refractivity (Wildman–Crippen MR) is 46.1 cm³/mol. The number of hydrogen-bond donors (Lipinski definition) is 0. The summed E-state index contributed by atoms with van der Waals surface area (Å²) in [4.78, 5) is 32.3. The first-order valence-corrected chi connectivity index (χ1v) is 3.96. The Kier molecular flexibility index (Phi) is 3.78. The van der Waals surface area contributed by atoms with Gasteiger partial charge in [0, 0.05) is 0 Å². The Bertz CT molecular complexity index is 224. The van der Waals surface area contributed by atoms with Crippen LogP contribution in [0.4, 0.5) is 0 Å². The lowest BCUT2D eigenvalue weighted by Crippen LogP contribution is -2.32. The molecule has 0 spiro atoms. The summed E-state index contributed by atoms with van der Waals surface area (Å²) < 4.78 is 4.86. The van der Waals surface area contributed by atoms with Crippen LogP contribution in [0.3, 0.4) is 0 Å². The molecule has 0 N–H and O–H groups in total. The number of aldehydes is 1. The van der Waals surface area contributed by atoms with Gasteiger partial charge in [-0.15, -0.1) is 0 Å². The van der Waals surface area contributed by atoms with Crippen LogP contribution in [0.15, 0.2) is 0 Å². The Hall–Kier alpha value is -1.19. The number of hydrogen-bond acceptors (Lipinski definition) is 4. The summed E-state index contributed by atoms with van der Waals surface area (Å²) in [5.74, 6) is -2.56. The summed E-state index contributed by atoms with van der Waals surface area (Å²) in [5, 5.41) is 0. The van der Waals surface area contributed by atoms with E-state index in [4.69, 9.17) is 4.74 Å². The molecule has 0 radical (unpaired) electrons. The van der Waals surface area contributed by atoms with Crippen LogP contribution in [0.1, 0.15) is 27.7 Å². The van der Waals surface area contributed by atoms with Gasteiger partial charge in [0.15, 0.2) is 11.7 Å². The second-order valence-electron chi connectivity index (χ2n) is 3.76. The SMILES string of the molecule is CC(=O)C(C=O)C(=O)OC(C)(C)C. The molecule has 4 nitrogen and oxygen atoms in total. The topological polar surface area (TPSA) is 60.4 Å². The highest BCUT2D eigenvalue weighted by molar-refractivity contribution is 6.09. The number of esters is 1. The van der Waals surface area contributed by atoms with Crippen molar-refractivity contribution in [3.8, 4) is 0 Å². The molecule has 13 heavy (non-hydrogen) atoms. The van der Waals surface area contributed by atoms with Crippen molar-refractivity contribution in [1.82, 2.24) is 0 Å². The molecule has 0 heterocycles. The molecule has 0 fully saturated rings. The van der Waals surface area contributed by atoms with Crippen LogP contribution in [-0.2, 0) is 19.1 Å². The molecule has 74 valence electrons. The molecule has 0 saturated heterocycles. The number of ketones is 1. The number of carbonyl (C=O) groups is 3. The van der Waals surface area contributed by atoms with Crippen LogP contribution in [0, 0.1) is 5.92 Å². The Morgan fingerprint density at radius 3 is 2.00 bits per heavy atom. The Labute approximate surface area is 77.3 Å². The number of carbonyl (C=O) groups excluding carboxylic acids is 3. The zero-order valence-corrected chi connectivity index (χ0v) is 8.29. The molecule has 0 aliphatic heterocycles. The molecular formula is C9H14O4. The highest BCUT2D eigenvalue weighted by Gasteiger charge is 2.27. The van der Waals surface area contributed by atoms with E-state index < -0.39 is 23.3 Å². The summed E-state index contributed by atoms with van der Waals surface area (Å²) in [7, 11) is 0. The third kappa shape index (κ3) is 4.40. The first kappa shape index (κ1) is 11.8. The van der Waals surface area contributed by atoms with Crippen LogP contribution in [0.25, 0.3) is 0 Å². The van der Waals surface area contributed by atoms with E-state index in [0.29, 0.717) is 6.29 Å². The second-order valence-corrected chi connectivity index (χ2v) is 3.76. The molecule has 0 aliphatic rings. The molecule has 0 aromatic carbocycles. The molecule has 1 unspecified atom stereocenters. The van der Waals surface area contributed by atoms with Crippen LogP contribution >= 0.6 is 0 Å². The molecule has 0 rings (SSSR count). The maximum atomic E-state index is 11.2. The van der Waals surface area contributed by atoms with E-state index in [1.54, 1.807) is 20.8 Å². The molecule has 0 aromatic heterocycles. The van der Waals surface area contributed by atoms with Gasteiger partial charge in [-0.3, -0.25) is 9.59 Å². The number of ether oxygens (including phenoxy) is 1. The van der Waals surface area contributed by atoms with Crippen molar-refractivity contribution in [2.24, 2.45) is 5.92 Å². The molecule has 0 aromatic rings. The normalized spacial score (nSPS) is 13.2. The Balaban J connectivity index is 4.41. The largest absolute Gasteiger partial charge is 0.459 e. The van der Waals surface area contributed by atoms with Gasteiger partial charge in [-0.1, -0.05) is 0 Å². The predicted octanol–water partition coefficient (Wildman–Crippen LogP) is 0.732. The standard InChI is InChI=1S/C9H14O4/c1-6(11)7(5-10)8(12)13-9(2,3)4/h5,7H,1-4H3. The first-order valence-electron chi connectivity index (χ1n) is 3.96. The van der Waals surface area contributed by atoms with E-state index in [9.17, 15) is 14.4 Å². The van der Waals surface area contributed by atoms with Gasteiger partial charge in [-0.05, 0) is 27.7 Å². The molecular weight excluding hydrogens is 172 g/mol. The minimum atomic E-state index is -1.28. The lowest BCUT2D eigenvalue weighted by Gasteiger charge is -2.20. The van der Waals surface area contributed by atoms with E-state index >= 15 is 0 Å². The van der Waals surface area contributed by atoms with Gasteiger partial charge in [-0.25, -0.2) is 0 Å². The quantitative estimate of drug-likeness (QED) is 0.370. The van der Waals surface area contributed by atoms with Crippen LogP contribution in [-0.4, -0.2) is 23.6 Å². The fourth-order valence-corrected chi connectivity index (χ4v) is 0.683. The molecule has 0 aliphatic carbocycles. The van der Waals surface area contributed by atoms with Gasteiger partial charge < -0.3 is 9.53 Å². The summed E-state index contributed by atoms with van der Waals surface area (Å²) in [5.41, 5.74) is -0.673. The van der Waals surface area contributed by atoms with Crippen molar-refractivity contribution in [3.05, 3.63) is 0 Å². The zero-order valence-electron chi connectivity index (χ0n) is 8.29. The van der Waals surface area contributed by atoms with Gasteiger partial charge in [-0.2, -0.15) is 0 Å². The third-order valence-corrected chi connectivity index (χ3v) is 1.23. The average Bonchev–Trinajstić information content (AvgIpc) is 1.82. The van der Waals surface area contributed by atoms with Crippen molar-refractivity contribution in [2.75, 3.05) is 0 Å². The van der Waals surface area contributed by atoms with E-state index in [0.717, 1.165) is 0 Å². The minimum absolute atomic E-state index is 0.302. The fourth-order valence-electron chi connectivity index (χ4n) is 0.683. The first-order chi connectivity index (χ1) is 5.78. The van der Waals surface area contributed by atoms with Gasteiger partial charge >= 0.3 is 5.97 Å². The number of Topliss-reactive ketones (excluding diaryl/α,β-unsaturated/α-hetero) is 1. The highest BCUT2D eigenvalue weighted by atomic mass is 16.6. The van der Waals surface area contributed by atoms with Gasteiger partial charge in [0.05, 0.1) is 0 Å². The van der Waals surface area contributed by atoms with Crippen molar-refractivity contribution in [2.45, 2.75) is 33.3 Å². The van der Waals surface area contributed by atoms with Crippen LogP contribution in [0.5, 0.6) is 0 Å². The van der Waals surface area contributed by atoms with E-state index in [2.05, 4.69) is 0 Å². The molecule has 0 saturated carbocycles. The van der Waals surface area contributed by atoms with E-state index in [1.165, 1.54) is 6.92 Å². The van der Waals surface area contributed by atoms with Crippen molar-refractivity contribution < 1.29 is 19.1 Å². The molecule has 0 amide bonds. The number of rotatable bonds is 3. The molecule has 0 bridgehead atoms. The van der Waals surface area contributed by atoms with Crippen molar-refractivity contribution >= 4 is 18.0 Å². The van der Waals surface area contributed by atoms with Crippen molar-refractivity contribution in [3.63, 3.8) is 0 Å². The van der Waals surface area contributed by atoms with Crippen LogP contribution in [0.2, 0.25) is 0 Å². The second kappa shape index (κ2) is 4.16. The maximum absolute atomic E-state index is 11.2. The summed E-state index contributed by atoms with van der Waals surface area (Å²) in [6.07, 6.45) is 0.302. The van der Waals surface area contributed by atoms with Gasteiger partial charge in [0.25, 0.3) is 0 Å². The lowest BCUT2D eigenvalue weighted by atomic mass is 10.1. The van der Waals surface area contributed by atoms with Gasteiger partial charge in [0.2, 0.25) is 0 Å². The fraction of sp³-hybridized carbons (Fsp3) is 0.667. The summed E-state index contributed by atoms with van der Waals surface area (Å²) in [6, 6.07) is 0. The summed E-state index contributed by atoms with van der Waals surface area (Å²) in [6.45, 7) is 6.20. The van der Waals surface area contributed by atoms with Crippen LogP contribution < -0.4 is 0 Å². The third-order valence-electron chi connectivity index (χ3n) is 1.23. The minimum Gasteiger partial charge on any atom is -0.459 e. The smallest absolute Gasteiger partial charge is 0.324 e. The lowest BCUT2D eigenvalue weighted by molar-refractivity contribution is -0.161. The molecule has 4 heteroatoms. The van der Waals surface area contributed by atoms with Crippen molar-refractivity contribution in [1.29, 1.82) is 0 Å². The van der Waals surface area contributed by atoms with E-state index in [-0.39, 0.29) is 0 Å². The monoisotopic (exact) mass is 186 g/mol. The zero-order chi connectivity index (χ0) is 10.6. The highest BCUT2D eigenvalue weighted by Crippen LogP contribution is 2.10. The Morgan fingerprint density at radius 1 is 1.31 bits per heavy atom.